The van der Waals surface area contributed by atoms with E-state index in [9.17, 15) is 0 Å². The summed E-state index contributed by atoms with van der Waals surface area (Å²) >= 11 is 5.91. The summed E-state index contributed by atoms with van der Waals surface area (Å²) in [7, 11) is 1.00. The summed E-state index contributed by atoms with van der Waals surface area (Å²) in [6.45, 7) is 7.54. The molecule has 1 aliphatic heterocycles. The molecule has 2 rings (SSSR count). The van der Waals surface area contributed by atoms with E-state index in [1.807, 2.05) is 26.0 Å². The molecule has 1 saturated heterocycles. The van der Waals surface area contributed by atoms with Gasteiger partial charge in [-0.05, 0) is 43.6 Å². The maximum Gasteiger partial charge on any atom is 0.0409 e. The van der Waals surface area contributed by atoms with E-state index < -0.39 is 0 Å². The molecule has 0 aromatic heterocycles. The van der Waals surface area contributed by atoms with Crippen LogP contribution in [0.2, 0.25) is 5.02 Å². The van der Waals surface area contributed by atoms with Crippen LogP contribution in [0.1, 0.15) is 32.3 Å². The second-order valence-corrected chi connectivity index (χ2v) is 4.05. The number of likely N-dealkylation sites (tertiary alicyclic amines) is 1. The predicted molar refractivity (Wildman–Crippen MR) is 75.5 cm³/mol. The number of hydrogen-bond acceptors (Lipinski definition) is 2. The highest BCUT2D eigenvalue weighted by molar-refractivity contribution is 6.30. The Morgan fingerprint density at radius 3 is 2.29 bits per heavy atom. The van der Waals surface area contributed by atoms with E-state index in [0.29, 0.717) is 0 Å². The van der Waals surface area contributed by atoms with Crippen LogP contribution in [-0.2, 0) is 6.54 Å². The zero-order chi connectivity index (χ0) is 13.1. The number of aliphatic hydroxyl groups is 1. The quantitative estimate of drug-likeness (QED) is 0.876. The maximum atomic E-state index is 7.00. The third-order valence-electron chi connectivity index (χ3n) is 2.49. The van der Waals surface area contributed by atoms with Gasteiger partial charge in [-0.15, -0.1) is 0 Å². The predicted octanol–water partition coefficient (Wildman–Crippen LogP) is 3.57. The Morgan fingerprint density at radius 2 is 1.76 bits per heavy atom. The lowest BCUT2D eigenvalue weighted by Crippen LogP contribution is -2.18. The van der Waals surface area contributed by atoms with Crippen molar-refractivity contribution >= 4 is 11.6 Å². The van der Waals surface area contributed by atoms with Gasteiger partial charge in [-0.3, -0.25) is 4.90 Å². The Balaban J connectivity index is 0.000000581. The molecule has 0 spiro atoms. The van der Waals surface area contributed by atoms with Crippen molar-refractivity contribution in [2.75, 3.05) is 20.2 Å². The fraction of sp³-hybridized carbons (Fsp3) is 0.571. The first-order valence-corrected chi connectivity index (χ1v) is 6.64. The fourth-order valence-corrected chi connectivity index (χ4v) is 2.05. The van der Waals surface area contributed by atoms with E-state index in [0.717, 1.165) is 18.7 Å². The Morgan fingerprint density at radius 1 is 1.18 bits per heavy atom. The van der Waals surface area contributed by atoms with Gasteiger partial charge in [0.2, 0.25) is 0 Å². The van der Waals surface area contributed by atoms with Gasteiger partial charge in [0.15, 0.2) is 0 Å². The van der Waals surface area contributed by atoms with Crippen molar-refractivity contribution in [1.29, 1.82) is 0 Å². The van der Waals surface area contributed by atoms with Crippen LogP contribution in [-0.4, -0.2) is 30.2 Å². The van der Waals surface area contributed by atoms with Crippen molar-refractivity contribution in [3.8, 4) is 0 Å². The smallest absolute Gasteiger partial charge is 0.0409 e. The van der Waals surface area contributed by atoms with Gasteiger partial charge in [0.1, 0.15) is 0 Å². The lowest BCUT2D eigenvalue weighted by atomic mass is 10.2. The first-order chi connectivity index (χ1) is 8.34. The van der Waals surface area contributed by atoms with Crippen LogP contribution in [0.15, 0.2) is 24.3 Å². The normalized spacial score (nSPS) is 14.4. The maximum absolute atomic E-state index is 7.00. The van der Waals surface area contributed by atoms with Crippen molar-refractivity contribution < 1.29 is 5.11 Å². The average Bonchev–Trinajstić information content (AvgIpc) is 2.87. The first-order valence-electron chi connectivity index (χ1n) is 6.26. The number of aliphatic hydroxyl groups excluding tert-OH is 1. The monoisotopic (exact) mass is 257 g/mol. The zero-order valence-electron chi connectivity index (χ0n) is 11.1. The SMILES string of the molecule is CC.CO.Clc1cccc(CN2CCCC2)c1. The van der Waals surface area contributed by atoms with Crippen molar-refractivity contribution in [1.82, 2.24) is 4.90 Å². The van der Waals surface area contributed by atoms with Crippen LogP contribution in [0.3, 0.4) is 0 Å². The largest absolute Gasteiger partial charge is 0.400 e. The van der Waals surface area contributed by atoms with Crippen LogP contribution >= 0.6 is 11.6 Å². The van der Waals surface area contributed by atoms with Gasteiger partial charge in [0, 0.05) is 18.7 Å². The van der Waals surface area contributed by atoms with Crippen molar-refractivity contribution in [3.63, 3.8) is 0 Å². The molecule has 17 heavy (non-hydrogen) atoms. The first kappa shape index (κ1) is 16.4. The molecule has 3 heteroatoms. The van der Waals surface area contributed by atoms with Crippen LogP contribution in [0.5, 0.6) is 0 Å². The lowest BCUT2D eigenvalue weighted by molar-refractivity contribution is 0.331. The van der Waals surface area contributed by atoms with E-state index in [4.69, 9.17) is 16.7 Å². The lowest BCUT2D eigenvalue weighted by Gasteiger charge is -2.14. The number of nitrogens with zero attached hydrogens (tertiary/aromatic N) is 1. The van der Waals surface area contributed by atoms with E-state index in [-0.39, 0.29) is 0 Å². The third kappa shape index (κ3) is 6.67. The molecule has 0 bridgehead atoms. The number of hydrogen-bond donors (Lipinski definition) is 1. The average molecular weight is 258 g/mol. The summed E-state index contributed by atoms with van der Waals surface area (Å²) in [5.41, 5.74) is 1.33. The number of rotatable bonds is 2. The molecule has 1 aromatic rings. The molecule has 0 radical (unpaired) electrons. The van der Waals surface area contributed by atoms with E-state index >= 15 is 0 Å². The summed E-state index contributed by atoms with van der Waals surface area (Å²) in [5.74, 6) is 0. The minimum absolute atomic E-state index is 0.844. The molecule has 0 amide bonds. The molecular weight excluding hydrogens is 234 g/mol. The van der Waals surface area contributed by atoms with Gasteiger partial charge >= 0.3 is 0 Å². The molecule has 1 heterocycles. The van der Waals surface area contributed by atoms with Gasteiger partial charge in [0.05, 0.1) is 0 Å². The van der Waals surface area contributed by atoms with E-state index in [1.165, 1.54) is 31.5 Å². The zero-order valence-corrected chi connectivity index (χ0v) is 11.9. The standard InChI is InChI=1S/C11H14ClN.C2H6.CH4O/c12-11-5-3-4-10(8-11)9-13-6-1-2-7-13;2*1-2/h3-5,8H,1-2,6-7,9H2;1-2H3;2H,1H3. The summed E-state index contributed by atoms with van der Waals surface area (Å²) < 4.78 is 0. The third-order valence-corrected chi connectivity index (χ3v) is 2.73. The van der Waals surface area contributed by atoms with Gasteiger partial charge in [-0.1, -0.05) is 37.6 Å². The number of halogens is 1. The molecule has 1 aromatic carbocycles. The fourth-order valence-electron chi connectivity index (χ4n) is 1.83. The van der Waals surface area contributed by atoms with Crippen molar-refractivity contribution in [2.45, 2.75) is 33.2 Å². The molecule has 98 valence electrons. The highest BCUT2D eigenvalue weighted by Gasteiger charge is 2.11. The van der Waals surface area contributed by atoms with Crippen LogP contribution in [0.25, 0.3) is 0 Å². The Labute approximate surface area is 110 Å². The molecule has 1 fully saturated rings. The summed E-state index contributed by atoms with van der Waals surface area (Å²) in [5, 5.41) is 7.84. The van der Waals surface area contributed by atoms with Crippen molar-refractivity contribution in [3.05, 3.63) is 34.9 Å². The highest BCUT2D eigenvalue weighted by Crippen LogP contribution is 2.15. The highest BCUT2D eigenvalue weighted by atomic mass is 35.5. The minimum atomic E-state index is 0.844. The Bertz CT molecular complexity index is 285. The van der Waals surface area contributed by atoms with Crippen LogP contribution < -0.4 is 0 Å². The molecule has 2 nitrogen and oxygen atoms in total. The van der Waals surface area contributed by atoms with Gasteiger partial charge in [0.25, 0.3) is 0 Å². The Kier molecular flexibility index (Phi) is 10.2. The van der Waals surface area contributed by atoms with Crippen molar-refractivity contribution in [2.24, 2.45) is 0 Å². The van der Waals surface area contributed by atoms with Gasteiger partial charge < -0.3 is 5.11 Å². The number of benzene rings is 1. The molecule has 0 aliphatic carbocycles. The molecule has 0 unspecified atom stereocenters. The molecule has 1 aliphatic rings. The Hall–Kier alpha value is -0.570. The summed E-state index contributed by atoms with van der Waals surface area (Å²) in [6.07, 6.45) is 2.70. The van der Waals surface area contributed by atoms with Crippen LogP contribution in [0, 0.1) is 0 Å². The molecular formula is C14H24ClNO. The van der Waals surface area contributed by atoms with Crippen LogP contribution in [0.4, 0.5) is 0 Å². The van der Waals surface area contributed by atoms with Gasteiger partial charge in [-0.2, -0.15) is 0 Å². The summed E-state index contributed by atoms with van der Waals surface area (Å²) in [4.78, 5) is 2.48. The van der Waals surface area contributed by atoms with E-state index in [2.05, 4.69) is 17.0 Å². The minimum Gasteiger partial charge on any atom is -0.400 e. The molecule has 0 saturated carbocycles. The molecule has 0 atom stereocenters. The molecule has 1 N–H and O–H groups in total. The topological polar surface area (TPSA) is 23.5 Å². The van der Waals surface area contributed by atoms with E-state index in [1.54, 1.807) is 0 Å². The summed E-state index contributed by atoms with van der Waals surface area (Å²) in [6, 6.07) is 8.15. The second kappa shape index (κ2) is 10.6. The van der Waals surface area contributed by atoms with Gasteiger partial charge in [-0.25, -0.2) is 0 Å². The second-order valence-electron chi connectivity index (χ2n) is 3.61.